The van der Waals surface area contributed by atoms with Crippen molar-refractivity contribution in [2.45, 2.75) is 17.6 Å². The van der Waals surface area contributed by atoms with E-state index in [1.165, 1.54) is 82.6 Å². The van der Waals surface area contributed by atoms with Gasteiger partial charge in [-0.05, 0) is 91.7 Å². The van der Waals surface area contributed by atoms with Crippen molar-refractivity contribution < 1.29 is 0 Å². The van der Waals surface area contributed by atoms with Crippen LogP contribution in [0.3, 0.4) is 0 Å². The van der Waals surface area contributed by atoms with E-state index in [0.717, 1.165) is 11.4 Å². The van der Waals surface area contributed by atoms with Gasteiger partial charge >= 0.3 is 0 Å². The third-order valence-corrected chi connectivity index (χ3v) is 12.1. The normalized spacial score (nSPS) is 17.3. The number of hydrogen-bond donors (Lipinski definition) is 2. The molecule has 244 valence electrons. The molecule has 3 heterocycles. The van der Waals surface area contributed by atoms with E-state index in [1.807, 2.05) is 0 Å². The first kappa shape index (κ1) is 28.2. The van der Waals surface area contributed by atoms with E-state index >= 15 is 0 Å². The third kappa shape index (κ3) is 3.60. The van der Waals surface area contributed by atoms with Crippen LogP contribution < -0.4 is 10.6 Å². The molecule has 12 rings (SSSR count). The predicted molar refractivity (Wildman–Crippen MR) is 215 cm³/mol. The number of aromatic nitrogens is 1. The Bertz CT molecular complexity index is 2880. The van der Waals surface area contributed by atoms with Crippen LogP contribution in [0, 0.1) is 0 Å². The molecule has 1 aliphatic carbocycles. The van der Waals surface area contributed by atoms with Crippen LogP contribution >= 0.6 is 0 Å². The van der Waals surface area contributed by atoms with Crippen LogP contribution in [0.2, 0.25) is 0 Å². The van der Waals surface area contributed by atoms with E-state index < -0.39 is 5.41 Å². The van der Waals surface area contributed by atoms with E-state index in [-0.39, 0.29) is 12.2 Å². The summed E-state index contributed by atoms with van der Waals surface area (Å²) in [5.41, 5.74) is 16.1. The van der Waals surface area contributed by atoms with Crippen LogP contribution in [0.25, 0.3) is 54.8 Å². The molecule has 9 aromatic rings. The number of rotatable bonds is 3. The lowest BCUT2D eigenvalue weighted by atomic mass is 9.67. The van der Waals surface area contributed by atoms with Gasteiger partial charge in [-0.2, -0.15) is 0 Å². The quantitative estimate of drug-likeness (QED) is 0.197. The zero-order valence-corrected chi connectivity index (χ0v) is 28.3. The molecule has 8 aromatic carbocycles. The van der Waals surface area contributed by atoms with Crippen molar-refractivity contribution in [3.8, 4) is 22.3 Å². The topological polar surface area (TPSA) is 29.0 Å². The smallest absolute Gasteiger partial charge is 0.129 e. The molecular formula is C49H33N3. The Hall–Kier alpha value is -6.58. The molecule has 0 radical (unpaired) electrons. The fourth-order valence-corrected chi connectivity index (χ4v) is 9.91. The zero-order valence-electron chi connectivity index (χ0n) is 28.3. The lowest BCUT2D eigenvalue weighted by Crippen LogP contribution is -2.30. The standard InChI is InChI=1S/C49H33N3/c1-3-15-34(16-4-1)49(35-17-5-2-6-18-35)41-21-11-9-19-36(41)38-25-32(23-24-42(38)49)33-26-39-37-20-10-12-22-45(37)52-47(39)40(27-33)46-48(52)51-44-29-31-14-8-7-13-30(31)28-43(44)50-46/h1-29,46,48,50-51H. The molecule has 0 spiro atoms. The number of benzene rings is 8. The van der Waals surface area contributed by atoms with Gasteiger partial charge in [0.15, 0.2) is 0 Å². The van der Waals surface area contributed by atoms with Gasteiger partial charge in [0.25, 0.3) is 0 Å². The molecule has 0 bridgehead atoms. The number of hydrogen-bond acceptors (Lipinski definition) is 2. The fraction of sp³-hybridized carbons (Fsp3) is 0.0612. The maximum absolute atomic E-state index is 4.01. The molecule has 0 saturated heterocycles. The predicted octanol–water partition coefficient (Wildman–Crippen LogP) is 12.1. The monoisotopic (exact) mass is 663 g/mol. The van der Waals surface area contributed by atoms with E-state index in [1.54, 1.807) is 0 Å². The summed E-state index contributed by atoms with van der Waals surface area (Å²) in [5.74, 6) is 0. The molecule has 3 aliphatic rings. The van der Waals surface area contributed by atoms with Crippen molar-refractivity contribution in [3.05, 3.63) is 204 Å². The van der Waals surface area contributed by atoms with Crippen molar-refractivity contribution in [2.75, 3.05) is 10.6 Å². The van der Waals surface area contributed by atoms with E-state index in [2.05, 4.69) is 191 Å². The highest BCUT2D eigenvalue weighted by molar-refractivity contribution is 6.12. The van der Waals surface area contributed by atoms with Crippen molar-refractivity contribution in [3.63, 3.8) is 0 Å². The molecule has 52 heavy (non-hydrogen) atoms. The highest BCUT2D eigenvalue weighted by Crippen LogP contribution is 2.57. The summed E-state index contributed by atoms with van der Waals surface area (Å²) >= 11 is 0. The van der Waals surface area contributed by atoms with Gasteiger partial charge < -0.3 is 15.2 Å². The second kappa shape index (κ2) is 10.2. The maximum atomic E-state index is 4.01. The van der Waals surface area contributed by atoms with Crippen LogP contribution in [0.4, 0.5) is 11.4 Å². The van der Waals surface area contributed by atoms with Crippen LogP contribution in [0.15, 0.2) is 176 Å². The van der Waals surface area contributed by atoms with Crippen LogP contribution in [0.1, 0.15) is 40.0 Å². The summed E-state index contributed by atoms with van der Waals surface area (Å²) in [4.78, 5) is 0. The van der Waals surface area contributed by atoms with E-state index in [4.69, 9.17) is 0 Å². The Balaban J connectivity index is 1.08. The Kier molecular flexibility index (Phi) is 5.55. The summed E-state index contributed by atoms with van der Waals surface area (Å²) in [6.07, 6.45) is 0.0607. The first-order chi connectivity index (χ1) is 25.8. The van der Waals surface area contributed by atoms with Gasteiger partial charge in [-0.15, -0.1) is 0 Å². The van der Waals surface area contributed by atoms with Gasteiger partial charge in [-0.25, -0.2) is 0 Å². The number of anilines is 2. The molecular weight excluding hydrogens is 631 g/mol. The Morgan fingerprint density at radius 3 is 1.87 bits per heavy atom. The first-order valence-corrected chi connectivity index (χ1v) is 18.3. The molecule has 0 amide bonds. The average molecular weight is 664 g/mol. The number of para-hydroxylation sites is 1. The minimum Gasteiger partial charge on any atom is -0.373 e. The Labute approximate surface area is 301 Å². The molecule has 3 heteroatoms. The highest BCUT2D eigenvalue weighted by atomic mass is 15.3. The summed E-state index contributed by atoms with van der Waals surface area (Å²) in [7, 11) is 0. The van der Waals surface area contributed by atoms with Crippen molar-refractivity contribution in [1.82, 2.24) is 4.57 Å². The lowest BCUT2D eigenvalue weighted by molar-refractivity contribution is 0.540. The van der Waals surface area contributed by atoms with Crippen molar-refractivity contribution in [2.24, 2.45) is 0 Å². The SMILES string of the molecule is c1ccc(C2(c3ccccc3)c3ccccc3-c3cc(-c4cc5c6c(c4)c4ccccc4n6C4Nc6cc7ccccc7cc6NC54)ccc32)cc1. The van der Waals surface area contributed by atoms with E-state index in [0.29, 0.717) is 0 Å². The average Bonchev–Trinajstić information content (AvgIpc) is 3.82. The molecule has 0 saturated carbocycles. The number of nitrogens with zero attached hydrogens (tertiary/aromatic N) is 1. The lowest BCUT2D eigenvalue weighted by Gasteiger charge is -2.34. The van der Waals surface area contributed by atoms with Crippen molar-refractivity contribution in [1.29, 1.82) is 0 Å². The van der Waals surface area contributed by atoms with Crippen LogP contribution in [-0.4, -0.2) is 4.57 Å². The molecule has 2 unspecified atom stereocenters. The second-order valence-electron chi connectivity index (χ2n) is 14.6. The maximum Gasteiger partial charge on any atom is 0.129 e. The van der Waals surface area contributed by atoms with Gasteiger partial charge in [0, 0.05) is 16.3 Å². The largest absolute Gasteiger partial charge is 0.373 e. The van der Waals surface area contributed by atoms with Gasteiger partial charge in [-0.1, -0.05) is 140 Å². The van der Waals surface area contributed by atoms with Gasteiger partial charge in [0.05, 0.1) is 33.9 Å². The van der Waals surface area contributed by atoms with Crippen LogP contribution in [-0.2, 0) is 5.41 Å². The Morgan fingerprint density at radius 2 is 1.10 bits per heavy atom. The number of nitrogens with one attached hydrogen (secondary N) is 2. The summed E-state index contributed by atoms with van der Waals surface area (Å²) in [6, 6.07) is 65.4. The van der Waals surface area contributed by atoms with Gasteiger partial charge in [-0.3, -0.25) is 0 Å². The van der Waals surface area contributed by atoms with Crippen molar-refractivity contribution >= 4 is 44.0 Å². The van der Waals surface area contributed by atoms with Gasteiger partial charge in [0.2, 0.25) is 0 Å². The molecule has 1 aromatic heterocycles. The Morgan fingerprint density at radius 1 is 0.462 bits per heavy atom. The molecule has 3 nitrogen and oxygen atoms in total. The minimum atomic E-state index is -0.402. The zero-order chi connectivity index (χ0) is 34.0. The van der Waals surface area contributed by atoms with E-state index in [9.17, 15) is 0 Å². The molecule has 2 N–H and O–H groups in total. The van der Waals surface area contributed by atoms with Crippen LogP contribution in [0.5, 0.6) is 0 Å². The summed E-state index contributed by atoms with van der Waals surface area (Å²) in [6.45, 7) is 0. The van der Waals surface area contributed by atoms with Gasteiger partial charge in [0.1, 0.15) is 6.17 Å². The second-order valence-corrected chi connectivity index (χ2v) is 14.6. The summed E-state index contributed by atoms with van der Waals surface area (Å²) in [5, 5.41) is 13.1. The minimum absolute atomic E-state index is 0.0607. The molecule has 0 fully saturated rings. The first-order valence-electron chi connectivity index (χ1n) is 18.3. The summed E-state index contributed by atoms with van der Waals surface area (Å²) < 4.78 is 2.53. The fourth-order valence-electron chi connectivity index (χ4n) is 9.91. The molecule has 2 atom stereocenters. The highest BCUT2D eigenvalue weighted by Gasteiger charge is 2.46. The third-order valence-electron chi connectivity index (χ3n) is 12.1. The molecule has 2 aliphatic heterocycles. The number of fused-ring (bicyclic) bond motifs is 11.